The van der Waals surface area contributed by atoms with Gasteiger partial charge in [-0.2, -0.15) is 5.10 Å². The number of aromatic nitrogens is 2. The molecule has 0 aliphatic rings. The molecule has 0 bridgehead atoms. The normalized spacial score (nSPS) is 12.1. The standard InChI is InChI=1S/C14H16N4OS/c1-5-9(6-2)16-13(19)12-11(15)10-7(3)8(4)17-18-14(10)20-12/h1,9H,6,15H2,2-4H3,(H,16,19). The van der Waals surface area contributed by atoms with Crippen molar-refractivity contribution < 1.29 is 4.79 Å². The Morgan fingerprint density at radius 3 is 2.80 bits per heavy atom. The van der Waals surface area contributed by atoms with Gasteiger partial charge in [0.2, 0.25) is 0 Å². The zero-order valence-corrected chi connectivity index (χ0v) is 12.5. The molecule has 104 valence electrons. The number of nitrogens with zero attached hydrogens (tertiary/aromatic N) is 2. The zero-order chi connectivity index (χ0) is 14.9. The van der Waals surface area contributed by atoms with Gasteiger partial charge in [0.25, 0.3) is 5.91 Å². The van der Waals surface area contributed by atoms with E-state index in [0.29, 0.717) is 21.8 Å². The maximum Gasteiger partial charge on any atom is 0.264 e. The molecular formula is C14H16N4OS. The van der Waals surface area contributed by atoms with Gasteiger partial charge < -0.3 is 11.1 Å². The van der Waals surface area contributed by atoms with Gasteiger partial charge >= 0.3 is 0 Å². The van der Waals surface area contributed by atoms with Crippen LogP contribution >= 0.6 is 11.3 Å². The predicted octanol–water partition coefficient (Wildman–Crippen LogP) is 2.03. The molecule has 0 radical (unpaired) electrons. The van der Waals surface area contributed by atoms with Crippen LogP contribution in [0.5, 0.6) is 0 Å². The molecule has 2 aromatic heterocycles. The summed E-state index contributed by atoms with van der Waals surface area (Å²) in [7, 11) is 0. The minimum atomic E-state index is -0.291. The number of hydrogen-bond acceptors (Lipinski definition) is 5. The predicted molar refractivity (Wildman–Crippen MR) is 81.7 cm³/mol. The van der Waals surface area contributed by atoms with Crippen molar-refractivity contribution in [3.05, 3.63) is 16.1 Å². The number of nitrogens with two attached hydrogens (primary N) is 1. The van der Waals surface area contributed by atoms with Crippen molar-refractivity contribution in [2.45, 2.75) is 33.2 Å². The number of anilines is 1. The first-order valence-corrected chi connectivity index (χ1v) is 7.10. The molecule has 6 heteroatoms. The fourth-order valence-corrected chi connectivity index (χ4v) is 2.90. The Morgan fingerprint density at radius 2 is 2.20 bits per heavy atom. The number of rotatable bonds is 3. The van der Waals surface area contributed by atoms with Gasteiger partial charge in [-0.3, -0.25) is 4.79 Å². The van der Waals surface area contributed by atoms with E-state index in [1.807, 2.05) is 20.8 Å². The molecule has 0 saturated heterocycles. The van der Waals surface area contributed by atoms with Crippen LogP contribution in [-0.4, -0.2) is 22.1 Å². The number of fused-ring (bicyclic) bond motifs is 1. The van der Waals surface area contributed by atoms with Gasteiger partial charge in [0, 0.05) is 5.39 Å². The number of nitrogen functional groups attached to an aromatic ring is 1. The molecule has 0 aliphatic carbocycles. The molecular weight excluding hydrogens is 272 g/mol. The highest BCUT2D eigenvalue weighted by Crippen LogP contribution is 2.34. The lowest BCUT2D eigenvalue weighted by molar-refractivity contribution is 0.0950. The molecule has 5 nitrogen and oxygen atoms in total. The van der Waals surface area contributed by atoms with E-state index in [9.17, 15) is 4.79 Å². The number of carbonyl (C=O) groups is 1. The third-order valence-electron chi connectivity index (χ3n) is 3.26. The van der Waals surface area contributed by atoms with Crippen molar-refractivity contribution >= 4 is 33.1 Å². The van der Waals surface area contributed by atoms with Gasteiger partial charge in [-0.15, -0.1) is 22.9 Å². The summed E-state index contributed by atoms with van der Waals surface area (Å²) < 4.78 is 0. The fraction of sp³-hybridized carbons (Fsp3) is 0.357. The Kier molecular flexibility index (Phi) is 3.91. The Balaban J connectivity index is 2.46. The van der Waals surface area contributed by atoms with Crippen LogP contribution in [0.15, 0.2) is 0 Å². The van der Waals surface area contributed by atoms with E-state index in [-0.39, 0.29) is 11.9 Å². The van der Waals surface area contributed by atoms with Crippen molar-refractivity contribution in [1.82, 2.24) is 15.5 Å². The monoisotopic (exact) mass is 288 g/mol. The molecule has 0 aromatic carbocycles. The number of nitrogens with one attached hydrogen (secondary N) is 1. The van der Waals surface area contributed by atoms with E-state index < -0.39 is 0 Å². The molecule has 2 heterocycles. The summed E-state index contributed by atoms with van der Waals surface area (Å²) in [5, 5.41) is 11.7. The van der Waals surface area contributed by atoms with Crippen LogP contribution in [0, 0.1) is 26.2 Å². The van der Waals surface area contributed by atoms with Crippen LogP contribution in [0.4, 0.5) is 5.69 Å². The Labute approximate surface area is 121 Å². The number of terminal acetylenes is 1. The van der Waals surface area contributed by atoms with Crippen molar-refractivity contribution in [3.63, 3.8) is 0 Å². The second-order valence-corrected chi connectivity index (χ2v) is 5.54. The van der Waals surface area contributed by atoms with Crippen LogP contribution in [0.1, 0.15) is 34.3 Å². The Morgan fingerprint density at radius 1 is 1.50 bits per heavy atom. The topological polar surface area (TPSA) is 80.9 Å². The van der Waals surface area contributed by atoms with Gasteiger partial charge in [0.1, 0.15) is 9.71 Å². The zero-order valence-electron chi connectivity index (χ0n) is 11.7. The van der Waals surface area contributed by atoms with E-state index in [1.54, 1.807) is 0 Å². The molecule has 3 N–H and O–H groups in total. The van der Waals surface area contributed by atoms with Crippen molar-refractivity contribution in [3.8, 4) is 12.3 Å². The summed E-state index contributed by atoms with van der Waals surface area (Å²) in [6.45, 7) is 5.70. The summed E-state index contributed by atoms with van der Waals surface area (Å²) in [5.41, 5.74) is 8.31. The summed E-state index contributed by atoms with van der Waals surface area (Å²) in [6, 6.07) is -0.291. The smallest absolute Gasteiger partial charge is 0.264 e. The van der Waals surface area contributed by atoms with E-state index in [1.165, 1.54) is 11.3 Å². The number of thiophene rings is 1. The summed E-state index contributed by atoms with van der Waals surface area (Å²) in [4.78, 5) is 13.3. The summed E-state index contributed by atoms with van der Waals surface area (Å²) in [6.07, 6.45) is 6.02. The third kappa shape index (κ3) is 2.32. The number of carbonyl (C=O) groups excluding carboxylic acids is 1. The van der Waals surface area contributed by atoms with Crippen LogP contribution in [0.25, 0.3) is 10.2 Å². The second-order valence-electron chi connectivity index (χ2n) is 4.54. The van der Waals surface area contributed by atoms with E-state index >= 15 is 0 Å². The molecule has 0 spiro atoms. The molecule has 0 fully saturated rings. The first-order chi connectivity index (χ1) is 9.49. The molecule has 1 unspecified atom stereocenters. The summed E-state index contributed by atoms with van der Waals surface area (Å²) >= 11 is 1.24. The lowest BCUT2D eigenvalue weighted by Crippen LogP contribution is -2.33. The number of hydrogen-bond donors (Lipinski definition) is 2. The van der Waals surface area contributed by atoms with Gasteiger partial charge in [-0.05, 0) is 25.8 Å². The van der Waals surface area contributed by atoms with Crippen LogP contribution in [0.3, 0.4) is 0 Å². The lowest BCUT2D eigenvalue weighted by Gasteiger charge is -2.09. The van der Waals surface area contributed by atoms with Gasteiger partial charge in [0.15, 0.2) is 0 Å². The van der Waals surface area contributed by atoms with Crippen LogP contribution in [0.2, 0.25) is 0 Å². The minimum absolute atomic E-state index is 0.257. The van der Waals surface area contributed by atoms with Gasteiger partial charge in [-0.25, -0.2) is 0 Å². The SMILES string of the molecule is C#CC(CC)NC(=O)c1sc2nnc(C)c(C)c2c1N. The van der Waals surface area contributed by atoms with Crippen LogP contribution in [-0.2, 0) is 0 Å². The quantitative estimate of drug-likeness (QED) is 0.847. The van der Waals surface area contributed by atoms with Crippen molar-refractivity contribution in [2.24, 2.45) is 0 Å². The summed E-state index contributed by atoms with van der Waals surface area (Å²) in [5.74, 6) is 2.27. The Bertz CT molecular complexity index is 714. The maximum absolute atomic E-state index is 12.2. The maximum atomic E-state index is 12.2. The van der Waals surface area contributed by atoms with Crippen molar-refractivity contribution in [1.29, 1.82) is 0 Å². The molecule has 2 rings (SSSR count). The van der Waals surface area contributed by atoms with E-state index in [2.05, 4.69) is 21.4 Å². The highest BCUT2D eigenvalue weighted by molar-refractivity contribution is 7.21. The number of amides is 1. The molecule has 1 atom stereocenters. The molecule has 2 aromatic rings. The molecule has 0 saturated carbocycles. The molecule has 0 aliphatic heterocycles. The van der Waals surface area contributed by atoms with E-state index in [4.69, 9.17) is 12.2 Å². The fourth-order valence-electron chi connectivity index (χ4n) is 1.89. The average molecular weight is 288 g/mol. The minimum Gasteiger partial charge on any atom is -0.397 e. The molecule has 1 amide bonds. The van der Waals surface area contributed by atoms with Gasteiger partial charge in [-0.1, -0.05) is 12.8 Å². The largest absolute Gasteiger partial charge is 0.397 e. The average Bonchev–Trinajstić information content (AvgIpc) is 2.78. The highest BCUT2D eigenvalue weighted by atomic mass is 32.1. The lowest BCUT2D eigenvalue weighted by atomic mass is 10.1. The Hall–Kier alpha value is -2.13. The van der Waals surface area contributed by atoms with Crippen LogP contribution < -0.4 is 11.1 Å². The van der Waals surface area contributed by atoms with E-state index in [0.717, 1.165) is 16.6 Å². The second kappa shape index (κ2) is 5.47. The number of aryl methyl sites for hydroxylation is 2. The van der Waals surface area contributed by atoms with Crippen molar-refractivity contribution in [2.75, 3.05) is 5.73 Å². The van der Waals surface area contributed by atoms with Gasteiger partial charge in [0.05, 0.1) is 17.4 Å². The molecule has 20 heavy (non-hydrogen) atoms. The first kappa shape index (κ1) is 14.3. The first-order valence-electron chi connectivity index (χ1n) is 6.28. The third-order valence-corrected chi connectivity index (χ3v) is 4.34. The highest BCUT2D eigenvalue weighted by Gasteiger charge is 2.20.